The Morgan fingerprint density at radius 1 is 1.29 bits per heavy atom. The highest BCUT2D eigenvalue weighted by Crippen LogP contribution is 2.33. The number of nitrogens with zero attached hydrogens (tertiary/aromatic N) is 2. The first-order valence-corrected chi connectivity index (χ1v) is 8.10. The zero-order valence-electron chi connectivity index (χ0n) is 11.3. The molecule has 0 aliphatic heterocycles. The number of rotatable bonds is 3. The van der Waals surface area contributed by atoms with Crippen LogP contribution in [0, 0.1) is 6.92 Å². The zero-order chi connectivity index (χ0) is 15.0. The molecule has 0 saturated carbocycles. The van der Waals surface area contributed by atoms with Crippen LogP contribution in [0.5, 0.6) is 5.75 Å². The lowest BCUT2D eigenvalue weighted by atomic mass is 10.3. The van der Waals surface area contributed by atoms with Gasteiger partial charge in [-0.15, -0.1) is 11.3 Å². The van der Waals surface area contributed by atoms with Crippen molar-refractivity contribution >= 4 is 60.6 Å². The van der Waals surface area contributed by atoms with E-state index in [0.29, 0.717) is 5.82 Å². The van der Waals surface area contributed by atoms with Gasteiger partial charge in [-0.2, -0.15) is 4.98 Å². The Bertz CT molecular complexity index is 821. The fourth-order valence-corrected chi connectivity index (χ4v) is 3.49. The number of nitrogens with one attached hydrogen (secondary N) is 1. The molecule has 0 saturated heterocycles. The summed E-state index contributed by atoms with van der Waals surface area (Å²) in [5.41, 5.74) is 0.870. The van der Waals surface area contributed by atoms with Gasteiger partial charge in [-0.3, -0.25) is 0 Å². The van der Waals surface area contributed by atoms with E-state index in [4.69, 9.17) is 16.3 Å². The summed E-state index contributed by atoms with van der Waals surface area (Å²) < 4.78 is 6.19. The molecule has 21 heavy (non-hydrogen) atoms. The van der Waals surface area contributed by atoms with E-state index in [1.807, 2.05) is 25.1 Å². The average Bonchev–Trinajstić information content (AvgIpc) is 2.81. The summed E-state index contributed by atoms with van der Waals surface area (Å²) in [4.78, 5) is 10.6. The molecule has 0 aliphatic carbocycles. The largest absolute Gasteiger partial charge is 0.495 e. The zero-order valence-corrected chi connectivity index (χ0v) is 14.4. The second kappa shape index (κ2) is 5.79. The Balaban J connectivity index is 2.05. The number of benzene rings is 1. The van der Waals surface area contributed by atoms with E-state index in [1.54, 1.807) is 18.4 Å². The van der Waals surface area contributed by atoms with Gasteiger partial charge in [-0.25, -0.2) is 4.98 Å². The number of hydrogen-bond donors (Lipinski definition) is 1. The van der Waals surface area contributed by atoms with Crippen molar-refractivity contribution in [1.29, 1.82) is 0 Å². The minimum atomic E-state index is 0.232. The molecule has 3 rings (SSSR count). The Labute approximate surface area is 139 Å². The van der Waals surface area contributed by atoms with Gasteiger partial charge in [-0.05, 0) is 52.7 Å². The van der Waals surface area contributed by atoms with E-state index in [1.165, 1.54) is 0 Å². The monoisotopic (exact) mass is 383 g/mol. The first-order valence-electron chi connectivity index (χ1n) is 6.11. The quantitative estimate of drug-likeness (QED) is 0.633. The molecular weight excluding hydrogens is 374 g/mol. The maximum absolute atomic E-state index is 6.00. The van der Waals surface area contributed by atoms with Crippen LogP contribution in [0.2, 0.25) is 5.28 Å². The summed E-state index contributed by atoms with van der Waals surface area (Å²) in [5.74, 6) is 1.44. The van der Waals surface area contributed by atoms with E-state index in [9.17, 15) is 0 Å². The van der Waals surface area contributed by atoms with Gasteiger partial charge in [0.25, 0.3) is 0 Å². The van der Waals surface area contributed by atoms with Crippen molar-refractivity contribution in [1.82, 2.24) is 9.97 Å². The Kier molecular flexibility index (Phi) is 4.01. The Morgan fingerprint density at radius 3 is 2.86 bits per heavy atom. The smallest absolute Gasteiger partial charge is 0.225 e. The molecule has 0 atom stereocenters. The fraction of sp³-hybridized carbons (Fsp3) is 0.143. The van der Waals surface area contributed by atoms with E-state index in [2.05, 4.69) is 37.3 Å². The number of aryl methyl sites for hydroxylation is 1. The van der Waals surface area contributed by atoms with Crippen molar-refractivity contribution in [3.8, 4) is 5.75 Å². The maximum Gasteiger partial charge on any atom is 0.225 e. The molecule has 1 N–H and O–H groups in total. The lowest BCUT2D eigenvalue weighted by molar-refractivity contribution is 0.412. The standard InChI is InChI=1S/C14H11BrClN3OS/c1-7-5-9-12(18-14(16)19-13(9)21-7)17-8-3-4-10(15)11(6-8)20-2/h3-6H,1-2H3,(H,17,18,19). The molecular formula is C14H11BrClN3OS. The summed E-state index contributed by atoms with van der Waals surface area (Å²) in [5, 5.41) is 4.47. The second-order valence-electron chi connectivity index (χ2n) is 4.39. The van der Waals surface area contributed by atoms with Gasteiger partial charge in [0.05, 0.1) is 17.0 Å². The minimum Gasteiger partial charge on any atom is -0.495 e. The van der Waals surface area contributed by atoms with Crippen LogP contribution in [-0.4, -0.2) is 17.1 Å². The van der Waals surface area contributed by atoms with Gasteiger partial charge >= 0.3 is 0 Å². The van der Waals surface area contributed by atoms with Gasteiger partial charge in [-0.1, -0.05) is 0 Å². The number of hydrogen-bond acceptors (Lipinski definition) is 5. The molecule has 3 aromatic rings. The molecule has 0 unspecified atom stereocenters. The van der Waals surface area contributed by atoms with E-state index >= 15 is 0 Å². The third-order valence-corrected chi connectivity index (χ3v) is 4.67. The lowest BCUT2D eigenvalue weighted by Crippen LogP contribution is -1.96. The first-order chi connectivity index (χ1) is 10.1. The van der Waals surface area contributed by atoms with Crippen LogP contribution in [0.25, 0.3) is 10.2 Å². The molecule has 7 heteroatoms. The summed E-state index contributed by atoms with van der Waals surface area (Å²) in [6, 6.07) is 7.80. The van der Waals surface area contributed by atoms with Crippen LogP contribution >= 0.6 is 38.9 Å². The predicted octanol–water partition coefficient (Wildman–Crippen LogP) is 5.17. The normalized spacial score (nSPS) is 10.9. The Hall–Kier alpha value is -1.37. The highest BCUT2D eigenvalue weighted by atomic mass is 79.9. The van der Waals surface area contributed by atoms with Gasteiger partial charge < -0.3 is 10.1 Å². The van der Waals surface area contributed by atoms with Crippen LogP contribution in [-0.2, 0) is 0 Å². The highest BCUT2D eigenvalue weighted by molar-refractivity contribution is 9.10. The third kappa shape index (κ3) is 2.97. The number of ether oxygens (including phenoxy) is 1. The minimum absolute atomic E-state index is 0.232. The SMILES string of the molecule is COc1cc(Nc2nc(Cl)nc3sc(C)cc23)ccc1Br. The van der Waals surface area contributed by atoms with E-state index in [0.717, 1.165) is 31.0 Å². The van der Waals surface area contributed by atoms with Crippen molar-refractivity contribution in [2.45, 2.75) is 6.92 Å². The molecule has 0 radical (unpaired) electrons. The van der Waals surface area contributed by atoms with E-state index < -0.39 is 0 Å². The maximum atomic E-state index is 6.00. The van der Waals surface area contributed by atoms with Crippen molar-refractivity contribution in [3.05, 3.63) is 38.9 Å². The third-order valence-electron chi connectivity index (χ3n) is 2.90. The molecule has 0 fully saturated rings. The van der Waals surface area contributed by atoms with Crippen LogP contribution in [0.15, 0.2) is 28.7 Å². The van der Waals surface area contributed by atoms with E-state index in [-0.39, 0.29) is 5.28 Å². The first kappa shape index (κ1) is 14.6. The summed E-state index contributed by atoms with van der Waals surface area (Å²) in [6.45, 7) is 2.03. The summed E-state index contributed by atoms with van der Waals surface area (Å²) in [6.07, 6.45) is 0. The summed E-state index contributed by atoms with van der Waals surface area (Å²) in [7, 11) is 1.63. The summed E-state index contributed by atoms with van der Waals surface area (Å²) >= 11 is 11.0. The van der Waals surface area contributed by atoms with Crippen LogP contribution in [0.3, 0.4) is 0 Å². The number of halogens is 2. The van der Waals surface area contributed by atoms with Crippen molar-refractivity contribution in [2.24, 2.45) is 0 Å². The molecule has 0 aliphatic rings. The van der Waals surface area contributed by atoms with Crippen LogP contribution in [0.1, 0.15) is 4.88 Å². The molecule has 0 spiro atoms. The molecule has 1 aromatic carbocycles. The number of thiophene rings is 1. The van der Waals surface area contributed by atoms with Gasteiger partial charge in [0.15, 0.2) is 0 Å². The van der Waals surface area contributed by atoms with Crippen molar-refractivity contribution in [3.63, 3.8) is 0 Å². The molecule has 2 heterocycles. The number of methoxy groups -OCH3 is 1. The molecule has 0 amide bonds. The molecule has 108 valence electrons. The van der Waals surface area contributed by atoms with Crippen molar-refractivity contribution < 1.29 is 4.74 Å². The fourth-order valence-electron chi connectivity index (χ4n) is 1.99. The topological polar surface area (TPSA) is 47.0 Å². The predicted molar refractivity (Wildman–Crippen MR) is 91.1 cm³/mol. The average molecular weight is 385 g/mol. The highest BCUT2D eigenvalue weighted by Gasteiger charge is 2.11. The number of aromatic nitrogens is 2. The number of anilines is 2. The van der Waals surface area contributed by atoms with Gasteiger partial charge in [0.1, 0.15) is 16.4 Å². The van der Waals surface area contributed by atoms with Crippen molar-refractivity contribution in [2.75, 3.05) is 12.4 Å². The Morgan fingerprint density at radius 2 is 2.10 bits per heavy atom. The molecule has 4 nitrogen and oxygen atoms in total. The lowest BCUT2D eigenvalue weighted by Gasteiger charge is -2.09. The second-order valence-corrected chi connectivity index (χ2v) is 6.82. The number of fused-ring (bicyclic) bond motifs is 1. The van der Waals surface area contributed by atoms with Gasteiger partial charge in [0.2, 0.25) is 5.28 Å². The van der Waals surface area contributed by atoms with Crippen LogP contribution < -0.4 is 10.1 Å². The molecule has 2 aromatic heterocycles. The van der Waals surface area contributed by atoms with Crippen LogP contribution in [0.4, 0.5) is 11.5 Å². The van der Waals surface area contributed by atoms with Gasteiger partial charge in [0, 0.05) is 16.6 Å². The molecule has 0 bridgehead atoms.